The fourth-order valence-electron chi connectivity index (χ4n) is 6.75. The van der Waals surface area contributed by atoms with Gasteiger partial charge < -0.3 is 29.6 Å². The summed E-state index contributed by atoms with van der Waals surface area (Å²) in [6.07, 6.45) is 0.660. The van der Waals surface area contributed by atoms with Crippen LogP contribution >= 0.6 is 0 Å². The number of para-hydroxylation sites is 1. The topological polar surface area (TPSA) is 137 Å². The van der Waals surface area contributed by atoms with Gasteiger partial charge in [0.15, 0.2) is 0 Å². The number of nitrogens with one attached hydrogen (secondary N) is 2. The summed E-state index contributed by atoms with van der Waals surface area (Å²) < 4.78 is 11.1. The quantitative estimate of drug-likeness (QED) is 0.241. The first-order valence-corrected chi connectivity index (χ1v) is 17.5. The molecule has 4 aromatic rings. The van der Waals surface area contributed by atoms with Gasteiger partial charge in [-0.25, -0.2) is 14.6 Å². The van der Waals surface area contributed by atoms with E-state index < -0.39 is 35.8 Å². The van der Waals surface area contributed by atoms with Crippen molar-refractivity contribution in [1.29, 1.82) is 0 Å². The fourth-order valence-corrected chi connectivity index (χ4v) is 6.75. The monoisotopic (exact) mass is 694 g/mol. The molecule has 6 rings (SSSR count). The first-order valence-electron chi connectivity index (χ1n) is 17.5. The molecule has 0 unspecified atom stereocenters. The van der Waals surface area contributed by atoms with Gasteiger partial charge >= 0.3 is 12.2 Å². The molecule has 4 amide bonds. The van der Waals surface area contributed by atoms with Gasteiger partial charge in [-0.3, -0.25) is 14.5 Å². The SMILES string of the molecule is C[C@@H](C(=O)N[C@H]1CN(C(=O)OCc2ccccc2)CC[C@H]2CC[C@@H](c3nc4cccc(-c5ccccc5)c4[nH]3)N2C1=O)N(C)C(=O)OC(C)(C)C. The van der Waals surface area contributed by atoms with Gasteiger partial charge in [-0.05, 0) is 64.2 Å². The maximum Gasteiger partial charge on any atom is 0.410 e. The molecule has 51 heavy (non-hydrogen) atoms. The second-order valence-corrected chi connectivity index (χ2v) is 14.3. The number of ether oxygens (including phenoxy) is 2. The maximum absolute atomic E-state index is 14.6. The van der Waals surface area contributed by atoms with Crippen LogP contribution in [0.3, 0.4) is 0 Å². The molecule has 2 aliphatic heterocycles. The predicted octanol–water partition coefficient (Wildman–Crippen LogP) is 6.04. The highest BCUT2D eigenvalue weighted by molar-refractivity contribution is 5.93. The summed E-state index contributed by atoms with van der Waals surface area (Å²) in [5.41, 5.74) is 3.83. The van der Waals surface area contributed by atoms with Crippen molar-refractivity contribution in [2.45, 2.75) is 83.3 Å². The number of aromatic amines is 1. The van der Waals surface area contributed by atoms with Crippen molar-refractivity contribution in [3.8, 4) is 11.1 Å². The van der Waals surface area contributed by atoms with Crippen LogP contribution in [0.5, 0.6) is 0 Å². The van der Waals surface area contributed by atoms with Crippen LogP contribution in [0.1, 0.15) is 64.4 Å². The molecule has 3 aromatic carbocycles. The fraction of sp³-hybridized carbons (Fsp3) is 0.410. The van der Waals surface area contributed by atoms with Crippen LogP contribution in [0.15, 0.2) is 78.9 Å². The third-order valence-electron chi connectivity index (χ3n) is 9.55. The lowest BCUT2D eigenvalue weighted by atomic mass is 10.0. The van der Waals surface area contributed by atoms with Crippen LogP contribution in [0, 0.1) is 0 Å². The summed E-state index contributed by atoms with van der Waals surface area (Å²) in [5, 5.41) is 2.88. The zero-order valence-corrected chi connectivity index (χ0v) is 29.8. The normalized spacial score (nSPS) is 19.9. The lowest BCUT2D eigenvalue weighted by Gasteiger charge is -2.39. The van der Waals surface area contributed by atoms with Gasteiger partial charge in [0.25, 0.3) is 0 Å². The molecule has 268 valence electrons. The van der Waals surface area contributed by atoms with E-state index in [1.165, 1.54) is 16.8 Å². The molecular formula is C39H46N6O6. The minimum atomic E-state index is -1.11. The lowest BCUT2D eigenvalue weighted by Crippen LogP contribution is -2.60. The Bertz CT molecular complexity index is 1870. The van der Waals surface area contributed by atoms with Gasteiger partial charge in [0.05, 0.1) is 23.6 Å². The van der Waals surface area contributed by atoms with Crippen molar-refractivity contribution in [2.75, 3.05) is 20.1 Å². The second kappa shape index (κ2) is 14.8. The highest BCUT2D eigenvalue weighted by atomic mass is 16.6. The third-order valence-corrected chi connectivity index (χ3v) is 9.55. The van der Waals surface area contributed by atoms with Crippen LogP contribution in [0.4, 0.5) is 9.59 Å². The van der Waals surface area contributed by atoms with E-state index in [0.29, 0.717) is 31.6 Å². The van der Waals surface area contributed by atoms with Crippen molar-refractivity contribution < 1.29 is 28.7 Å². The minimum absolute atomic E-state index is 0.0769. The number of likely N-dealkylation sites (N-methyl/N-ethyl adjacent to an activating group) is 1. The van der Waals surface area contributed by atoms with E-state index in [4.69, 9.17) is 14.5 Å². The highest BCUT2D eigenvalue weighted by Crippen LogP contribution is 2.39. The molecule has 12 nitrogen and oxygen atoms in total. The summed E-state index contributed by atoms with van der Waals surface area (Å²) in [7, 11) is 1.48. The Kier molecular flexibility index (Phi) is 10.3. The maximum atomic E-state index is 14.6. The molecule has 2 saturated heterocycles. The number of benzene rings is 3. The molecule has 12 heteroatoms. The van der Waals surface area contributed by atoms with Crippen LogP contribution in [-0.2, 0) is 25.7 Å². The number of nitrogens with zero attached hydrogens (tertiary/aromatic N) is 4. The van der Waals surface area contributed by atoms with Gasteiger partial charge in [-0.2, -0.15) is 0 Å². The molecule has 3 heterocycles. The molecular weight excluding hydrogens is 648 g/mol. The van der Waals surface area contributed by atoms with Gasteiger partial charge in [0.1, 0.15) is 30.1 Å². The zero-order chi connectivity index (χ0) is 36.3. The third kappa shape index (κ3) is 8.00. The van der Waals surface area contributed by atoms with Crippen molar-refractivity contribution in [3.63, 3.8) is 0 Å². The van der Waals surface area contributed by atoms with Crippen molar-refractivity contribution in [2.24, 2.45) is 0 Å². The second-order valence-electron chi connectivity index (χ2n) is 14.3. The molecule has 0 spiro atoms. The average Bonchev–Trinajstić information content (AvgIpc) is 3.74. The van der Waals surface area contributed by atoms with Crippen molar-refractivity contribution in [1.82, 2.24) is 30.0 Å². The summed E-state index contributed by atoms with van der Waals surface area (Å²) in [5.74, 6) is -0.206. The van der Waals surface area contributed by atoms with Gasteiger partial charge in [0, 0.05) is 25.2 Å². The van der Waals surface area contributed by atoms with E-state index in [9.17, 15) is 19.2 Å². The minimum Gasteiger partial charge on any atom is -0.445 e. The molecule has 1 aromatic heterocycles. The molecule has 2 fully saturated rings. The number of carbonyl (C=O) groups is 4. The Balaban J connectivity index is 1.27. The smallest absolute Gasteiger partial charge is 0.410 e. The first-order chi connectivity index (χ1) is 24.4. The van der Waals surface area contributed by atoms with Crippen molar-refractivity contribution in [3.05, 3.63) is 90.3 Å². The molecule has 2 N–H and O–H groups in total. The van der Waals surface area contributed by atoms with Gasteiger partial charge in [-0.15, -0.1) is 0 Å². The Labute approximate surface area is 298 Å². The molecule has 0 radical (unpaired) electrons. The Hall–Kier alpha value is -5.39. The largest absolute Gasteiger partial charge is 0.445 e. The molecule has 4 atom stereocenters. The number of aromatic nitrogens is 2. The highest BCUT2D eigenvalue weighted by Gasteiger charge is 2.45. The standard InChI is InChI=1S/C39H46N6O6/c1-25(43(5)37(48)51-39(2,3)4)35(46)41-31-23-44(38(49)50-24-26-13-8-6-9-14-26)22-21-28-19-20-32(45(28)36(31)47)34-40-30-18-12-17-29(33(30)42-34)27-15-10-7-11-16-27/h6-18,25,28,31-32H,19-24H2,1-5H3,(H,40,42)(H,41,46)/t25-,28+,31-,32-/m0/s1. The molecule has 0 saturated carbocycles. The number of imidazole rings is 1. The summed E-state index contributed by atoms with van der Waals surface area (Å²) in [4.78, 5) is 67.6. The number of fused-ring (bicyclic) bond motifs is 2. The Morgan fingerprint density at radius 3 is 2.39 bits per heavy atom. The van der Waals surface area contributed by atoms with E-state index in [-0.39, 0.29) is 31.1 Å². The number of hydrogen-bond donors (Lipinski definition) is 2. The molecule has 0 aliphatic carbocycles. The number of carbonyl (C=O) groups excluding carboxylic acids is 4. The summed E-state index contributed by atoms with van der Waals surface area (Å²) >= 11 is 0. The number of amides is 4. The van der Waals surface area contributed by atoms with E-state index in [2.05, 4.69) is 10.3 Å². The summed E-state index contributed by atoms with van der Waals surface area (Å²) in [6.45, 7) is 7.11. The van der Waals surface area contributed by atoms with E-state index in [1.54, 1.807) is 27.7 Å². The van der Waals surface area contributed by atoms with Crippen LogP contribution < -0.4 is 5.32 Å². The number of hydrogen-bond acceptors (Lipinski definition) is 7. The Morgan fingerprint density at radius 2 is 1.69 bits per heavy atom. The van der Waals surface area contributed by atoms with Crippen LogP contribution in [0.25, 0.3) is 22.2 Å². The first kappa shape index (κ1) is 35.4. The van der Waals surface area contributed by atoms with Crippen LogP contribution in [0.2, 0.25) is 0 Å². The molecule has 2 aliphatic rings. The average molecular weight is 695 g/mol. The lowest BCUT2D eigenvalue weighted by molar-refractivity contribution is -0.141. The van der Waals surface area contributed by atoms with Crippen molar-refractivity contribution >= 4 is 35.0 Å². The summed E-state index contributed by atoms with van der Waals surface area (Å²) in [6, 6.07) is 22.8. The Morgan fingerprint density at radius 1 is 0.980 bits per heavy atom. The zero-order valence-electron chi connectivity index (χ0n) is 29.8. The number of H-pyrrole nitrogens is 1. The van der Waals surface area contributed by atoms with Crippen LogP contribution in [-0.4, -0.2) is 92.5 Å². The predicted molar refractivity (Wildman–Crippen MR) is 192 cm³/mol. The van der Waals surface area contributed by atoms with E-state index in [0.717, 1.165) is 27.7 Å². The molecule has 0 bridgehead atoms. The van der Waals surface area contributed by atoms with Gasteiger partial charge in [0.2, 0.25) is 11.8 Å². The van der Waals surface area contributed by atoms with E-state index in [1.807, 2.05) is 83.8 Å². The van der Waals surface area contributed by atoms with Gasteiger partial charge in [-0.1, -0.05) is 72.8 Å². The van der Waals surface area contributed by atoms with E-state index >= 15 is 0 Å². The number of rotatable bonds is 7.